The van der Waals surface area contributed by atoms with Crippen LogP contribution in [0.4, 0.5) is 0 Å². The number of nitrogens with zero attached hydrogens (tertiary/aromatic N) is 2. The Kier molecular flexibility index (Phi) is 6.21. The van der Waals surface area contributed by atoms with Crippen LogP contribution in [0.3, 0.4) is 0 Å². The van der Waals surface area contributed by atoms with Crippen LogP contribution < -0.4 is 10.9 Å². The summed E-state index contributed by atoms with van der Waals surface area (Å²) in [6.45, 7) is 6.56. The maximum atomic E-state index is 12.5. The van der Waals surface area contributed by atoms with E-state index in [1.165, 1.54) is 11.8 Å². The molecule has 1 aromatic carbocycles. The van der Waals surface area contributed by atoms with Gasteiger partial charge in [-0.3, -0.25) is 14.2 Å². The van der Waals surface area contributed by atoms with E-state index in [-0.39, 0.29) is 23.3 Å². The van der Waals surface area contributed by atoms with Crippen LogP contribution in [-0.2, 0) is 11.3 Å². The van der Waals surface area contributed by atoms with Gasteiger partial charge in [0.05, 0.1) is 16.7 Å². The number of benzene rings is 1. The molecule has 1 aromatic heterocycles. The molecule has 6 heteroatoms. The highest BCUT2D eigenvalue weighted by Crippen LogP contribution is 2.17. The highest BCUT2D eigenvalue weighted by Gasteiger charge is 2.13. The Labute approximate surface area is 140 Å². The number of aromatic nitrogens is 2. The first-order valence-electron chi connectivity index (χ1n) is 8.02. The van der Waals surface area contributed by atoms with E-state index in [0.29, 0.717) is 22.6 Å². The number of para-hydroxylation sites is 1. The Balaban J connectivity index is 2.19. The fourth-order valence-corrected chi connectivity index (χ4v) is 3.30. The molecular weight excluding hydrogens is 310 g/mol. The van der Waals surface area contributed by atoms with Crippen molar-refractivity contribution in [3.05, 3.63) is 34.6 Å². The van der Waals surface area contributed by atoms with Crippen LogP contribution in [0.5, 0.6) is 0 Å². The Hall–Kier alpha value is -1.82. The quantitative estimate of drug-likeness (QED) is 0.625. The van der Waals surface area contributed by atoms with Crippen molar-refractivity contribution in [1.82, 2.24) is 14.9 Å². The standard InChI is InChI=1S/C17H23N3O2S/c1-4-12(5-2)18-15(21)11-23-17-19-14-10-8-7-9-13(14)16(22)20(17)6-3/h7-10,12H,4-6,11H2,1-3H3,(H,18,21). The molecule has 0 saturated heterocycles. The van der Waals surface area contributed by atoms with Gasteiger partial charge in [-0.1, -0.05) is 37.7 Å². The van der Waals surface area contributed by atoms with Crippen LogP contribution in [0.25, 0.3) is 10.9 Å². The summed E-state index contributed by atoms with van der Waals surface area (Å²) >= 11 is 1.31. The van der Waals surface area contributed by atoms with Crippen LogP contribution >= 0.6 is 11.8 Å². The third kappa shape index (κ3) is 4.13. The lowest BCUT2D eigenvalue weighted by Crippen LogP contribution is -2.35. The van der Waals surface area contributed by atoms with Crippen molar-refractivity contribution >= 4 is 28.6 Å². The normalized spacial score (nSPS) is 11.1. The largest absolute Gasteiger partial charge is 0.353 e. The first-order chi connectivity index (χ1) is 11.1. The van der Waals surface area contributed by atoms with Gasteiger partial charge in [-0.05, 0) is 31.9 Å². The second-order valence-corrected chi connectivity index (χ2v) is 6.27. The number of amides is 1. The zero-order valence-electron chi connectivity index (χ0n) is 13.8. The topological polar surface area (TPSA) is 64.0 Å². The summed E-state index contributed by atoms with van der Waals surface area (Å²) < 4.78 is 1.62. The summed E-state index contributed by atoms with van der Waals surface area (Å²) in [5.41, 5.74) is 0.617. The average molecular weight is 333 g/mol. The van der Waals surface area contributed by atoms with E-state index < -0.39 is 0 Å². The van der Waals surface area contributed by atoms with Gasteiger partial charge in [0.2, 0.25) is 5.91 Å². The van der Waals surface area contributed by atoms with Gasteiger partial charge in [-0.2, -0.15) is 0 Å². The predicted octanol–water partition coefficient (Wildman–Crippen LogP) is 2.81. The molecule has 124 valence electrons. The first kappa shape index (κ1) is 17.5. The van der Waals surface area contributed by atoms with Crippen LogP contribution in [0.2, 0.25) is 0 Å². The number of hydrogen-bond donors (Lipinski definition) is 1. The molecule has 0 spiro atoms. The van der Waals surface area contributed by atoms with Crippen molar-refractivity contribution in [3.63, 3.8) is 0 Å². The van der Waals surface area contributed by atoms with Crippen molar-refractivity contribution in [3.8, 4) is 0 Å². The number of rotatable bonds is 7. The van der Waals surface area contributed by atoms with Crippen molar-refractivity contribution in [1.29, 1.82) is 0 Å². The van der Waals surface area contributed by atoms with Crippen molar-refractivity contribution in [2.75, 3.05) is 5.75 Å². The molecule has 1 amide bonds. The van der Waals surface area contributed by atoms with Crippen molar-refractivity contribution in [2.24, 2.45) is 0 Å². The van der Waals surface area contributed by atoms with Gasteiger partial charge in [-0.25, -0.2) is 4.98 Å². The monoisotopic (exact) mass is 333 g/mol. The number of thioether (sulfide) groups is 1. The molecule has 0 fully saturated rings. The molecule has 0 aliphatic carbocycles. The van der Waals surface area contributed by atoms with E-state index in [0.717, 1.165) is 12.8 Å². The number of carbonyl (C=O) groups excluding carboxylic acids is 1. The number of hydrogen-bond acceptors (Lipinski definition) is 4. The lowest BCUT2D eigenvalue weighted by atomic mass is 10.2. The first-order valence-corrected chi connectivity index (χ1v) is 9.00. The molecule has 23 heavy (non-hydrogen) atoms. The fourth-order valence-electron chi connectivity index (χ4n) is 2.43. The minimum atomic E-state index is -0.0546. The van der Waals surface area contributed by atoms with Gasteiger partial charge in [0.15, 0.2) is 5.16 Å². The lowest BCUT2D eigenvalue weighted by molar-refractivity contribution is -0.119. The Bertz CT molecular complexity index is 738. The van der Waals surface area contributed by atoms with Crippen LogP contribution in [0.15, 0.2) is 34.2 Å². The molecule has 0 unspecified atom stereocenters. The maximum Gasteiger partial charge on any atom is 0.262 e. The molecule has 2 rings (SSSR count). The molecule has 0 bridgehead atoms. The van der Waals surface area contributed by atoms with E-state index in [1.54, 1.807) is 10.6 Å². The average Bonchev–Trinajstić information content (AvgIpc) is 2.58. The number of carbonyl (C=O) groups is 1. The summed E-state index contributed by atoms with van der Waals surface area (Å²) in [6, 6.07) is 7.51. The van der Waals surface area contributed by atoms with E-state index in [4.69, 9.17) is 0 Å². The molecule has 5 nitrogen and oxygen atoms in total. The lowest BCUT2D eigenvalue weighted by Gasteiger charge is -2.15. The third-order valence-electron chi connectivity index (χ3n) is 3.83. The van der Waals surface area contributed by atoms with Crippen LogP contribution in [0.1, 0.15) is 33.6 Å². The minimum absolute atomic E-state index is 0.0197. The summed E-state index contributed by atoms with van der Waals surface area (Å²) in [5, 5.41) is 4.21. The van der Waals surface area contributed by atoms with Crippen LogP contribution in [-0.4, -0.2) is 27.3 Å². The van der Waals surface area contributed by atoms with Gasteiger partial charge in [-0.15, -0.1) is 0 Å². The predicted molar refractivity (Wildman–Crippen MR) is 94.9 cm³/mol. The second kappa shape index (κ2) is 8.15. The summed E-state index contributed by atoms with van der Waals surface area (Å²) in [4.78, 5) is 29.1. The zero-order valence-corrected chi connectivity index (χ0v) is 14.7. The minimum Gasteiger partial charge on any atom is -0.353 e. The molecule has 0 saturated carbocycles. The Morgan fingerprint density at radius 3 is 2.61 bits per heavy atom. The summed E-state index contributed by atoms with van der Waals surface area (Å²) in [6.07, 6.45) is 1.83. The zero-order chi connectivity index (χ0) is 16.8. The Morgan fingerprint density at radius 2 is 1.96 bits per heavy atom. The van der Waals surface area contributed by atoms with Crippen LogP contribution in [0, 0.1) is 0 Å². The van der Waals surface area contributed by atoms with Gasteiger partial charge >= 0.3 is 0 Å². The summed E-state index contributed by atoms with van der Waals surface area (Å²) in [5.74, 6) is 0.245. The molecule has 0 aliphatic rings. The smallest absolute Gasteiger partial charge is 0.262 e. The molecule has 0 aliphatic heterocycles. The molecular formula is C17H23N3O2S. The van der Waals surface area contributed by atoms with E-state index in [1.807, 2.05) is 25.1 Å². The van der Waals surface area contributed by atoms with E-state index in [2.05, 4.69) is 24.1 Å². The number of fused-ring (bicyclic) bond motifs is 1. The summed E-state index contributed by atoms with van der Waals surface area (Å²) in [7, 11) is 0. The Morgan fingerprint density at radius 1 is 1.26 bits per heavy atom. The molecule has 0 radical (unpaired) electrons. The highest BCUT2D eigenvalue weighted by atomic mass is 32.2. The van der Waals surface area contributed by atoms with E-state index in [9.17, 15) is 9.59 Å². The van der Waals surface area contributed by atoms with Gasteiger partial charge < -0.3 is 5.32 Å². The maximum absolute atomic E-state index is 12.5. The third-order valence-corrected chi connectivity index (χ3v) is 4.80. The molecule has 1 heterocycles. The van der Waals surface area contributed by atoms with E-state index >= 15 is 0 Å². The van der Waals surface area contributed by atoms with Crippen molar-refractivity contribution in [2.45, 2.75) is 51.4 Å². The fraction of sp³-hybridized carbons (Fsp3) is 0.471. The molecule has 2 aromatic rings. The number of nitrogens with one attached hydrogen (secondary N) is 1. The van der Waals surface area contributed by atoms with Gasteiger partial charge in [0.1, 0.15) is 0 Å². The second-order valence-electron chi connectivity index (χ2n) is 5.33. The SMILES string of the molecule is CCC(CC)NC(=O)CSc1nc2ccccc2c(=O)n1CC. The molecule has 0 atom stereocenters. The van der Waals surface area contributed by atoms with Crippen molar-refractivity contribution < 1.29 is 4.79 Å². The molecule has 1 N–H and O–H groups in total. The highest BCUT2D eigenvalue weighted by molar-refractivity contribution is 7.99. The van der Waals surface area contributed by atoms with Gasteiger partial charge in [0, 0.05) is 12.6 Å². The van der Waals surface area contributed by atoms with Gasteiger partial charge in [0.25, 0.3) is 5.56 Å².